The first-order valence-electron chi connectivity index (χ1n) is 5.66. The van der Waals surface area contributed by atoms with E-state index in [1.165, 1.54) is 17.7 Å². The van der Waals surface area contributed by atoms with Gasteiger partial charge in [-0.15, -0.1) is 0 Å². The third kappa shape index (κ3) is 1.62. The maximum Gasteiger partial charge on any atom is 0.205 e. The maximum atomic E-state index is 13.1. The molecule has 0 radical (unpaired) electrons. The fraction of sp³-hybridized carbons (Fsp3) is 0.0714. The van der Waals surface area contributed by atoms with Crippen LogP contribution in [-0.2, 0) is 0 Å². The third-order valence-electron chi connectivity index (χ3n) is 2.93. The van der Waals surface area contributed by atoms with E-state index in [2.05, 4.69) is 4.98 Å². The van der Waals surface area contributed by atoms with E-state index in [9.17, 15) is 4.39 Å². The van der Waals surface area contributed by atoms with Gasteiger partial charge in [0.25, 0.3) is 0 Å². The fourth-order valence-corrected chi connectivity index (χ4v) is 2.04. The van der Waals surface area contributed by atoms with Gasteiger partial charge in [0.1, 0.15) is 5.82 Å². The van der Waals surface area contributed by atoms with Gasteiger partial charge in [-0.25, -0.2) is 9.37 Å². The summed E-state index contributed by atoms with van der Waals surface area (Å²) in [7, 11) is 0. The molecule has 0 saturated heterocycles. The number of nitrogen functional groups attached to an aromatic ring is 1. The molecule has 0 atom stereocenters. The Hall–Kier alpha value is -2.36. The fourth-order valence-electron chi connectivity index (χ4n) is 2.04. The van der Waals surface area contributed by atoms with Gasteiger partial charge in [0.15, 0.2) is 0 Å². The summed E-state index contributed by atoms with van der Waals surface area (Å²) in [5, 5.41) is 0. The summed E-state index contributed by atoms with van der Waals surface area (Å²) in [6, 6.07) is 12.4. The Kier molecular flexibility index (Phi) is 2.30. The highest BCUT2D eigenvalue weighted by Gasteiger charge is 2.10. The van der Waals surface area contributed by atoms with Crippen LogP contribution in [0.15, 0.2) is 42.5 Å². The normalized spacial score (nSPS) is 11.0. The lowest BCUT2D eigenvalue weighted by Gasteiger charge is -2.06. The van der Waals surface area contributed by atoms with Crippen molar-refractivity contribution in [2.24, 2.45) is 0 Å². The monoisotopic (exact) mass is 241 g/mol. The average Bonchev–Trinajstić information content (AvgIpc) is 2.65. The third-order valence-corrected chi connectivity index (χ3v) is 2.93. The minimum absolute atomic E-state index is 0.309. The molecule has 0 aliphatic rings. The van der Waals surface area contributed by atoms with Crippen LogP contribution in [0, 0.1) is 12.7 Å². The Morgan fingerprint density at radius 2 is 1.83 bits per heavy atom. The Balaban J connectivity index is 2.28. The van der Waals surface area contributed by atoms with Gasteiger partial charge < -0.3 is 5.73 Å². The van der Waals surface area contributed by atoms with Crippen LogP contribution in [0.3, 0.4) is 0 Å². The number of hydrogen-bond acceptors (Lipinski definition) is 2. The summed E-state index contributed by atoms with van der Waals surface area (Å²) in [5.41, 5.74) is 9.37. The van der Waals surface area contributed by atoms with E-state index in [1.54, 1.807) is 6.07 Å². The summed E-state index contributed by atoms with van der Waals surface area (Å²) >= 11 is 0. The number of hydrogen-bond donors (Lipinski definition) is 1. The maximum absolute atomic E-state index is 13.1. The molecule has 0 unspecified atom stereocenters. The number of rotatable bonds is 1. The highest BCUT2D eigenvalue weighted by molar-refractivity contribution is 5.80. The van der Waals surface area contributed by atoms with E-state index in [-0.39, 0.29) is 5.82 Å². The van der Waals surface area contributed by atoms with Crippen LogP contribution in [-0.4, -0.2) is 9.55 Å². The topological polar surface area (TPSA) is 43.8 Å². The van der Waals surface area contributed by atoms with E-state index in [1.807, 2.05) is 35.8 Å². The van der Waals surface area contributed by atoms with Crippen molar-refractivity contribution in [3.05, 3.63) is 53.8 Å². The van der Waals surface area contributed by atoms with Crippen molar-refractivity contribution < 1.29 is 4.39 Å². The number of fused-ring (bicyclic) bond motifs is 1. The van der Waals surface area contributed by atoms with Gasteiger partial charge in [-0.3, -0.25) is 4.57 Å². The quantitative estimate of drug-likeness (QED) is 0.711. The molecule has 2 aromatic carbocycles. The predicted octanol–water partition coefficient (Wildman–Crippen LogP) is 3.06. The zero-order valence-electron chi connectivity index (χ0n) is 9.89. The van der Waals surface area contributed by atoms with Crippen LogP contribution in [0.4, 0.5) is 10.3 Å². The lowest BCUT2D eigenvalue weighted by atomic mass is 10.2. The highest BCUT2D eigenvalue weighted by atomic mass is 19.1. The molecular formula is C14H12FN3. The van der Waals surface area contributed by atoms with Gasteiger partial charge in [-0.2, -0.15) is 0 Å². The van der Waals surface area contributed by atoms with Crippen LogP contribution >= 0.6 is 0 Å². The molecule has 3 aromatic rings. The molecule has 1 heterocycles. The molecule has 4 heteroatoms. The first kappa shape index (κ1) is 10.8. The number of anilines is 1. The summed E-state index contributed by atoms with van der Waals surface area (Å²) in [5.74, 6) is 0.0514. The van der Waals surface area contributed by atoms with Crippen LogP contribution in [0.2, 0.25) is 0 Å². The molecule has 18 heavy (non-hydrogen) atoms. The van der Waals surface area contributed by atoms with Gasteiger partial charge in [-0.1, -0.05) is 17.7 Å². The number of aryl methyl sites for hydroxylation is 1. The molecule has 0 saturated carbocycles. The molecule has 0 bridgehead atoms. The number of nitrogens with zero attached hydrogens (tertiary/aromatic N) is 2. The van der Waals surface area contributed by atoms with Crippen molar-refractivity contribution in [3.8, 4) is 5.69 Å². The molecule has 0 spiro atoms. The first-order chi connectivity index (χ1) is 8.65. The molecule has 3 rings (SSSR count). The predicted molar refractivity (Wildman–Crippen MR) is 70.2 cm³/mol. The number of halogens is 1. The molecule has 0 aliphatic heterocycles. The van der Waals surface area contributed by atoms with Crippen LogP contribution in [0.25, 0.3) is 16.7 Å². The van der Waals surface area contributed by atoms with E-state index in [0.29, 0.717) is 11.5 Å². The second kappa shape index (κ2) is 3.84. The zero-order chi connectivity index (χ0) is 12.7. The van der Waals surface area contributed by atoms with Crippen LogP contribution < -0.4 is 5.73 Å². The van der Waals surface area contributed by atoms with E-state index in [4.69, 9.17) is 5.73 Å². The minimum atomic E-state index is -0.309. The summed E-state index contributed by atoms with van der Waals surface area (Å²) in [6.45, 7) is 2.02. The van der Waals surface area contributed by atoms with Crippen molar-refractivity contribution in [2.45, 2.75) is 6.92 Å². The van der Waals surface area contributed by atoms with Crippen molar-refractivity contribution in [1.29, 1.82) is 0 Å². The van der Waals surface area contributed by atoms with Gasteiger partial charge in [0.05, 0.1) is 11.0 Å². The van der Waals surface area contributed by atoms with Crippen LogP contribution in [0.5, 0.6) is 0 Å². The first-order valence-corrected chi connectivity index (χ1v) is 5.66. The van der Waals surface area contributed by atoms with E-state index >= 15 is 0 Å². The molecule has 0 aliphatic carbocycles. The van der Waals surface area contributed by atoms with Gasteiger partial charge in [0, 0.05) is 11.8 Å². The van der Waals surface area contributed by atoms with E-state index < -0.39 is 0 Å². The molecule has 90 valence electrons. The van der Waals surface area contributed by atoms with Gasteiger partial charge in [0.2, 0.25) is 5.95 Å². The average molecular weight is 241 g/mol. The van der Waals surface area contributed by atoms with Crippen molar-refractivity contribution in [3.63, 3.8) is 0 Å². The molecule has 2 N–H and O–H groups in total. The largest absolute Gasteiger partial charge is 0.369 e. The smallest absolute Gasteiger partial charge is 0.205 e. The van der Waals surface area contributed by atoms with Crippen molar-refractivity contribution in [1.82, 2.24) is 9.55 Å². The van der Waals surface area contributed by atoms with Gasteiger partial charge >= 0.3 is 0 Å². The second-order valence-corrected chi connectivity index (χ2v) is 4.27. The summed E-state index contributed by atoms with van der Waals surface area (Å²) < 4.78 is 15.0. The van der Waals surface area contributed by atoms with Crippen molar-refractivity contribution in [2.75, 3.05) is 5.73 Å². The van der Waals surface area contributed by atoms with Gasteiger partial charge in [-0.05, 0) is 31.2 Å². The highest BCUT2D eigenvalue weighted by Crippen LogP contribution is 2.23. The van der Waals surface area contributed by atoms with Crippen molar-refractivity contribution >= 4 is 17.0 Å². The summed E-state index contributed by atoms with van der Waals surface area (Å²) in [4.78, 5) is 4.17. The second-order valence-electron chi connectivity index (χ2n) is 4.27. The lowest BCUT2D eigenvalue weighted by molar-refractivity contribution is 0.629. The molecule has 0 amide bonds. The Bertz CT molecular complexity index is 714. The Labute approximate surface area is 104 Å². The van der Waals surface area contributed by atoms with Crippen LogP contribution in [0.1, 0.15) is 5.56 Å². The molecule has 3 nitrogen and oxygen atoms in total. The lowest BCUT2D eigenvalue weighted by Crippen LogP contribution is -2.00. The summed E-state index contributed by atoms with van der Waals surface area (Å²) in [6.07, 6.45) is 0. The number of aromatic nitrogens is 2. The standard InChI is InChI=1S/C14H12FN3/c1-9-2-5-11(6-3-9)18-13-7-4-10(15)8-12(13)17-14(18)16/h2-8H,1H3,(H2,16,17). The molecular weight excluding hydrogens is 229 g/mol. The number of imidazole rings is 1. The zero-order valence-corrected chi connectivity index (χ0v) is 9.89. The molecule has 1 aromatic heterocycles. The van der Waals surface area contributed by atoms with E-state index in [0.717, 1.165) is 11.2 Å². The molecule has 0 fully saturated rings. The number of benzene rings is 2. The Morgan fingerprint density at radius 1 is 1.11 bits per heavy atom. The minimum Gasteiger partial charge on any atom is -0.369 e. The SMILES string of the molecule is Cc1ccc(-n2c(N)nc3cc(F)ccc32)cc1. The Morgan fingerprint density at radius 3 is 2.56 bits per heavy atom. The number of nitrogens with two attached hydrogens (primary N) is 1.